The molecule has 1 aliphatic rings. The highest BCUT2D eigenvalue weighted by Crippen LogP contribution is 2.22. The normalized spacial score (nSPS) is 16.9. The van der Waals surface area contributed by atoms with Crippen LogP contribution in [0.3, 0.4) is 0 Å². The molecule has 1 atom stereocenters. The molecule has 1 amide bonds. The molecule has 3 heterocycles. The molecule has 3 aromatic rings. The van der Waals surface area contributed by atoms with Gasteiger partial charge in [0.25, 0.3) is 11.7 Å². The third-order valence-electron chi connectivity index (χ3n) is 5.62. The Balaban J connectivity index is 1.44. The van der Waals surface area contributed by atoms with E-state index in [4.69, 9.17) is 0 Å². The van der Waals surface area contributed by atoms with E-state index < -0.39 is 11.7 Å². The maximum Gasteiger partial charge on any atom is 0.298 e. The van der Waals surface area contributed by atoms with Gasteiger partial charge < -0.3 is 0 Å². The molecule has 0 aliphatic carbocycles. The molecule has 2 aromatic heterocycles. The number of carbonyl (C=O) groups is 2. The van der Waals surface area contributed by atoms with Crippen molar-refractivity contribution in [3.63, 3.8) is 0 Å². The van der Waals surface area contributed by atoms with Gasteiger partial charge >= 0.3 is 0 Å². The van der Waals surface area contributed by atoms with Crippen molar-refractivity contribution in [1.29, 1.82) is 0 Å². The van der Waals surface area contributed by atoms with E-state index in [1.54, 1.807) is 18.5 Å². The van der Waals surface area contributed by atoms with Crippen molar-refractivity contribution in [1.82, 2.24) is 19.7 Å². The summed E-state index contributed by atoms with van der Waals surface area (Å²) >= 11 is 1.35. The van der Waals surface area contributed by atoms with Gasteiger partial charge in [-0.3, -0.25) is 19.8 Å². The Morgan fingerprint density at radius 2 is 2.00 bits per heavy atom. The molecular formula is C23H27N5O2S. The lowest BCUT2D eigenvalue weighted by molar-refractivity contribution is -0.112. The molecule has 31 heavy (non-hydrogen) atoms. The molecule has 162 valence electrons. The minimum Gasteiger partial charge on any atom is -0.297 e. The highest BCUT2D eigenvalue weighted by Gasteiger charge is 2.26. The van der Waals surface area contributed by atoms with Crippen molar-refractivity contribution < 1.29 is 9.59 Å². The van der Waals surface area contributed by atoms with Crippen LogP contribution < -0.4 is 5.32 Å². The second kappa shape index (κ2) is 9.11. The molecule has 0 spiro atoms. The van der Waals surface area contributed by atoms with Crippen molar-refractivity contribution in [2.75, 3.05) is 18.4 Å². The van der Waals surface area contributed by atoms with Crippen LogP contribution in [0.2, 0.25) is 0 Å². The lowest BCUT2D eigenvalue weighted by atomic mass is 10.0. The van der Waals surface area contributed by atoms with Gasteiger partial charge in [0, 0.05) is 18.5 Å². The van der Waals surface area contributed by atoms with Crippen LogP contribution in [0.15, 0.2) is 35.7 Å². The molecule has 0 unspecified atom stereocenters. The Hall–Kier alpha value is -2.84. The zero-order valence-corrected chi connectivity index (χ0v) is 18.9. The maximum atomic E-state index is 12.9. The minimum absolute atomic E-state index is 0.334. The van der Waals surface area contributed by atoms with Gasteiger partial charge in [0.2, 0.25) is 0 Å². The summed E-state index contributed by atoms with van der Waals surface area (Å²) in [4.78, 5) is 32.5. The van der Waals surface area contributed by atoms with Crippen molar-refractivity contribution >= 4 is 28.2 Å². The number of nitrogens with zero attached hydrogens (tertiary/aromatic N) is 4. The number of Topliss-reactive ketones (excluding diaryl/α,β-unsaturated/α-hetero) is 1. The van der Waals surface area contributed by atoms with Crippen LogP contribution >= 0.6 is 11.3 Å². The highest BCUT2D eigenvalue weighted by molar-refractivity contribution is 7.14. The smallest absolute Gasteiger partial charge is 0.297 e. The van der Waals surface area contributed by atoms with E-state index in [9.17, 15) is 9.59 Å². The number of anilines is 1. The summed E-state index contributed by atoms with van der Waals surface area (Å²) in [5, 5.41) is 9.53. The molecule has 8 heteroatoms. The maximum absolute atomic E-state index is 12.9. The van der Waals surface area contributed by atoms with Gasteiger partial charge in [0.15, 0.2) is 5.13 Å². The van der Waals surface area contributed by atoms with Crippen LogP contribution in [-0.4, -0.2) is 44.4 Å². The largest absolute Gasteiger partial charge is 0.298 e. The van der Waals surface area contributed by atoms with Crippen LogP contribution in [0.5, 0.6) is 0 Å². The Morgan fingerprint density at radius 3 is 2.74 bits per heavy atom. The highest BCUT2D eigenvalue weighted by atomic mass is 32.1. The van der Waals surface area contributed by atoms with Gasteiger partial charge in [-0.15, -0.1) is 11.3 Å². The first-order chi connectivity index (χ1) is 14.9. The first kappa shape index (κ1) is 21.4. The number of hydrogen-bond donors (Lipinski definition) is 1. The van der Waals surface area contributed by atoms with Gasteiger partial charge in [0.05, 0.1) is 28.3 Å². The van der Waals surface area contributed by atoms with Gasteiger partial charge in [-0.2, -0.15) is 5.10 Å². The number of aryl methyl sites for hydroxylation is 1. The minimum atomic E-state index is -0.689. The quantitative estimate of drug-likeness (QED) is 0.466. The molecule has 1 aromatic carbocycles. The summed E-state index contributed by atoms with van der Waals surface area (Å²) in [6, 6.07) is 9.56. The predicted octanol–water partition coefficient (Wildman–Crippen LogP) is 4.00. The van der Waals surface area contributed by atoms with Crippen molar-refractivity contribution in [2.45, 2.75) is 40.2 Å². The second-order valence-corrected chi connectivity index (χ2v) is 9.06. The van der Waals surface area contributed by atoms with E-state index in [1.165, 1.54) is 24.2 Å². The summed E-state index contributed by atoms with van der Waals surface area (Å²) in [5.74, 6) is -0.586. The van der Waals surface area contributed by atoms with E-state index in [-0.39, 0.29) is 0 Å². The predicted molar refractivity (Wildman–Crippen MR) is 122 cm³/mol. The number of hydrogen-bond acceptors (Lipinski definition) is 6. The first-order valence-electron chi connectivity index (χ1n) is 10.6. The number of amides is 1. The molecule has 4 rings (SSSR count). The molecule has 1 N–H and O–H groups in total. The van der Waals surface area contributed by atoms with Crippen LogP contribution in [-0.2, 0) is 11.3 Å². The first-order valence-corrected chi connectivity index (χ1v) is 11.4. The molecule has 1 fully saturated rings. The molecule has 1 aliphatic heterocycles. The van der Waals surface area contributed by atoms with E-state index in [0.717, 1.165) is 31.0 Å². The van der Waals surface area contributed by atoms with Gasteiger partial charge in [-0.25, -0.2) is 9.67 Å². The second-order valence-electron chi connectivity index (χ2n) is 8.20. The standard InChI is InChI=1S/C23H27N5O2S/c1-15-8-7-11-27(12-15)13-18-14-31-23(24-18)25-22(30)21(29)20-16(2)26-28(17(20)3)19-9-5-4-6-10-19/h4-6,9-10,14-15H,7-8,11-13H2,1-3H3,(H,24,25,30)/t15-/m1/s1. The Kier molecular flexibility index (Phi) is 6.29. The number of para-hydroxylation sites is 1. The average molecular weight is 438 g/mol. The van der Waals surface area contributed by atoms with Gasteiger partial charge in [-0.1, -0.05) is 25.1 Å². The van der Waals surface area contributed by atoms with E-state index in [2.05, 4.69) is 27.2 Å². The Labute approximate surface area is 186 Å². The zero-order valence-electron chi connectivity index (χ0n) is 18.1. The number of ketones is 1. The molecular weight excluding hydrogens is 410 g/mol. The van der Waals surface area contributed by atoms with Gasteiger partial charge in [0.1, 0.15) is 0 Å². The number of aromatic nitrogens is 3. The fraction of sp³-hybridized carbons (Fsp3) is 0.391. The monoisotopic (exact) mass is 437 g/mol. The molecule has 0 radical (unpaired) electrons. The third-order valence-corrected chi connectivity index (χ3v) is 6.43. The van der Waals surface area contributed by atoms with Crippen molar-refractivity contribution in [3.8, 4) is 5.69 Å². The number of nitrogens with one attached hydrogen (secondary N) is 1. The van der Waals surface area contributed by atoms with Crippen molar-refractivity contribution in [2.24, 2.45) is 5.92 Å². The average Bonchev–Trinajstić information content (AvgIpc) is 3.31. The Bertz CT molecular complexity index is 1090. The summed E-state index contributed by atoms with van der Waals surface area (Å²) in [7, 11) is 0. The number of rotatable bonds is 6. The summed E-state index contributed by atoms with van der Waals surface area (Å²) in [6.07, 6.45) is 2.48. The van der Waals surface area contributed by atoms with Crippen LogP contribution in [0.1, 0.15) is 47.2 Å². The number of piperidine rings is 1. The summed E-state index contributed by atoms with van der Waals surface area (Å²) < 4.78 is 1.69. The van der Waals surface area contributed by atoms with Crippen molar-refractivity contribution in [3.05, 3.63) is 58.4 Å². The van der Waals surface area contributed by atoms with E-state index in [0.29, 0.717) is 28.0 Å². The van der Waals surface area contributed by atoms with Crippen LogP contribution in [0.25, 0.3) is 5.69 Å². The number of carbonyl (C=O) groups excluding carboxylic acids is 2. The lowest BCUT2D eigenvalue weighted by Crippen LogP contribution is -2.33. The molecule has 0 bridgehead atoms. The fourth-order valence-corrected chi connectivity index (χ4v) is 4.85. The SMILES string of the molecule is Cc1nn(-c2ccccc2)c(C)c1C(=O)C(=O)Nc1nc(CN2CCC[C@@H](C)C2)cs1. The van der Waals surface area contributed by atoms with Gasteiger partial charge in [-0.05, 0) is 51.3 Å². The van der Waals surface area contributed by atoms with Crippen LogP contribution in [0.4, 0.5) is 5.13 Å². The Morgan fingerprint density at radius 1 is 1.23 bits per heavy atom. The summed E-state index contributed by atoms with van der Waals surface area (Å²) in [5.41, 5.74) is 3.27. The van der Waals surface area contributed by atoms with E-state index >= 15 is 0 Å². The molecule has 0 saturated carbocycles. The third kappa shape index (κ3) is 4.75. The number of thiazole rings is 1. The molecule has 1 saturated heterocycles. The zero-order chi connectivity index (χ0) is 22.0. The lowest BCUT2D eigenvalue weighted by Gasteiger charge is -2.30. The fourth-order valence-electron chi connectivity index (χ4n) is 4.16. The molecule has 7 nitrogen and oxygen atoms in total. The number of benzene rings is 1. The summed E-state index contributed by atoms with van der Waals surface area (Å²) in [6.45, 7) is 8.73. The number of likely N-dealkylation sites (tertiary alicyclic amines) is 1. The van der Waals surface area contributed by atoms with Crippen LogP contribution in [0, 0.1) is 19.8 Å². The topological polar surface area (TPSA) is 80.1 Å². The van der Waals surface area contributed by atoms with E-state index in [1.807, 2.05) is 35.7 Å².